The summed E-state index contributed by atoms with van der Waals surface area (Å²) in [7, 11) is 0. The highest BCUT2D eigenvalue weighted by atomic mass is 19.1. The first kappa shape index (κ1) is 19.8. The SMILES string of the molecule is Cc1oc(-c2ccc(-n3cccn3)cc2)nc1Cc1ccc(Oc2ccc(F)cc2)cc1. The molecule has 0 fully saturated rings. The predicted molar refractivity (Wildman–Crippen MR) is 120 cm³/mol. The van der Waals surface area contributed by atoms with Crippen LogP contribution >= 0.6 is 0 Å². The van der Waals surface area contributed by atoms with E-state index in [1.165, 1.54) is 12.1 Å². The minimum absolute atomic E-state index is 0.288. The number of hydrogen-bond acceptors (Lipinski definition) is 4. The van der Waals surface area contributed by atoms with Crippen LogP contribution in [0.15, 0.2) is 95.7 Å². The summed E-state index contributed by atoms with van der Waals surface area (Å²) in [4.78, 5) is 4.71. The molecule has 0 amide bonds. The molecule has 2 aromatic heterocycles. The van der Waals surface area contributed by atoms with Gasteiger partial charge in [0.2, 0.25) is 5.89 Å². The van der Waals surface area contributed by atoms with E-state index in [-0.39, 0.29) is 5.82 Å². The molecule has 5 aromatic rings. The van der Waals surface area contributed by atoms with Crippen LogP contribution in [-0.2, 0) is 6.42 Å². The van der Waals surface area contributed by atoms with Crippen LogP contribution in [0.5, 0.6) is 11.5 Å². The molecule has 0 radical (unpaired) electrons. The number of halogens is 1. The molecule has 5 rings (SSSR count). The van der Waals surface area contributed by atoms with Crippen molar-refractivity contribution >= 4 is 0 Å². The summed E-state index contributed by atoms with van der Waals surface area (Å²) < 4.78 is 26.5. The number of rotatable bonds is 6. The monoisotopic (exact) mass is 425 g/mol. The van der Waals surface area contributed by atoms with Crippen LogP contribution in [0, 0.1) is 12.7 Å². The second-order valence-electron chi connectivity index (χ2n) is 7.40. The first-order chi connectivity index (χ1) is 15.6. The number of ether oxygens (including phenoxy) is 1. The lowest BCUT2D eigenvalue weighted by atomic mass is 10.1. The summed E-state index contributed by atoms with van der Waals surface area (Å²) in [5, 5.41) is 4.24. The van der Waals surface area contributed by atoms with Gasteiger partial charge < -0.3 is 9.15 Å². The van der Waals surface area contributed by atoms with Crippen LogP contribution in [0.1, 0.15) is 17.0 Å². The molecule has 158 valence electrons. The van der Waals surface area contributed by atoms with Gasteiger partial charge in [0, 0.05) is 24.4 Å². The number of aryl methyl sites for hydroxylation is 1. The number of hydrogen-bond donors (Lipinski definition) is 0. The van der Waals surface area contributed by atoms with Crippen LogP contribution in [0.25, 0.3) is 17.1 Å². The van der Waals surface area contributed by atoms with Gasteiger partial charge in [-0.05, 0) is 79.2 Å². The van der Waals surface area contributed by atoms with Gasteiger partial charge in [-0.15, -0.1) is 0 Å². The van der Waals surface area contributed by atoms with Crippen LogP contribution in [0.3, 0.4) is 0 Å². The van der Waals surface area contributed by atoms with Gasteiger partial charge in [-0.3, -0.25) is 0 Å². The van der Waals surface area contributed by atoms with Crippen molar-refractivity contribution in [2.75, 3.05) is 0 Å². The normalized spacial score (nSPS) is 10.9. The summed E-state index contributed by atoms with van der Waals surface area (Å²) in [5.74, 6) is 2.39. The van der Waals surface area contributed by atoms with E-state index in [1.807, 2.05) is 67.7 Å². The van der Waals surface area contributed by atoms with Gasteiger partial charge in [0.1, 0.15) is 23.1 Å². The van der Waals surface area contributed by atoms with Crippen molar-refractivity contribution in [3.05, 3.63) is 114 Å². The van der Waals surface area contributed by atoms with E-state index >= 15 is 0 Å². The number of benzene rings is 3. The first-order valence-corrected chi connectivity index (χ1v) is 10.2. The third kappa shape index (κ3) is 4.30. The molecule has 0 atom stereocenters. The van der Waals surface area contributed by atoms with Gasteiger partial charge in [-0.25, -0.2) is 14.1 Å². The highest BCUT2D eigenvalue weighted by Gasteiger charge is 2.12. The summed E-state index contributed by atoms with van der Waals surface area (Å²) in [6, 6.07) is 23.5. The average Bonchev–Trinajstić information content (AvgIpc) is 3.47. The van der Waals surface area contributed by atoms with E-state index in [9.17, 15) is 4.39 Å². The van der Waals surface area contributed by atoms with Gasteiger partial charge >= 0.3 is 0 Å². The average molecular weight is 425 g/mol. The lowest BCUT2D eigenvalue weighted by molar-refractivity contribution is 0.480. The zero-order valence-corrected chi connectivity index (χ0v) is 17.4. The van der Waals surface area contributed by atoms with Crippen LogP contribution in [0.4, 0.5) is 4.39 Å². The summed E-state index contributed by atoms with van der Waals surface area (Å²) in [5.41, 5.74) is 3.88. The van der Waals surface area contributed by atoms with Crippen LogP contribution in [-0.4, -0.2) is 14.8 Å². The molecule has 0 N–H and O–H groups in total. The Hall–Kier alpha value is -4.19. The Labute approximate surface area is 184 Å². The van der Waals surface area contributed by atoms with Crippen LogP contribution < -0.4 is 4.74 Å². The summed E-state index contributed by atoms with van der Waals surface area (Å²) >= 11 is 0. The molecule has 2 heterocycles. The van der Waals surface area contributed by atoms with Crippen molar-refractivity contribution in [2.45, 2.75) is 13.3 Å². The van der Waals surface area contributed by atoms with Gasteiger partial charge in [0.15, 0.2) is 0 Å². The van der Waals surface area contributed by atoms with E-state index < -0.39 is 0 Å². The minimum atomic E-state index is -0.288. The molecule has 0 unspecified atom stereocenters. The molecule has 0 bridgehead atoms. The van der Waals surface area contributed by atoms with Gasteiger partial charge in [-0.2, -0.15) is 5.10 Å². The van der Waals surface area contributed by atoms with E-state index in [1.54, 1.807) is 23.0 Å². The molecule has 0 aliphatic rings. The fourth-order valence-corrected chi connectivity index (χ4v) is 3.40. The Kier molecular flexibility index (Phi) is 5.25. The van der Waals surface area contributed by atoms with E-state index in [2.05, 4.69) is 5.10 Å². The molecule has 0 saturated heterocycles. The van der Waals surface area contributed by atoms with Gasteiger partial charge in [0.25, 0.3) is 0 Å². The maximum absolute atomic E-state index is 13.0. The Bertz CT molecular complexity index is 1310. The highest BCUT2D eigenvalue weighted by Crippen LogP contribution is 2.26. The first-order valence-electron chi connectivity index (χ1n) is 10.2. The Morgan fingerprint density at radius 1 is 0.906 bits per heavy atom. The van der Waals surface area contributed by atoms with Crippen molar-refractivity contribution in [1.29, 1.82) is 0 Å². The van der Waals surface area contributed by atoms with Crippen molar-refractivity contribution in [2.24, 2.45) is 0 Å². The zero-order chi connectivity index (χ0) is 21.9. The Morgan fingerprint density at radius 3 is 2.25 bits per heavy atom. The maximum atomic E-state index is 13.0. The van der Waals surface area contributed by atoms with Gasteiger partial charge in [-0.1, -0.05) is 12.1 Å². The maximum Gasteiger partial charge on any atom is 0.226 e. The minimum Gasteiger partial charge on any atom is -0.457 e. The fraction of sp³-hybridized carbons (Fsp3) is 0.0769. The molecular formula is C26H20FN3O2. The number of aromatic nitrogens is 3. The highest BCUT2D eigenvalue weighted by molar-refractivity contribution is 5.56. The largest absolute Gasteiger partial charge is 0.457 e. The topological polar surface area (TPSA) is 53.1 Å². The van der Waals surface area contributed by atoms with Crippen molar-refractivity contribution < 1.29 is 13.5 Å². The third-order valence-corrected chi connectivity index (χ3v) is 5.12. The molecule has 32 heavy (non-hydrogen) atoms. The lowest BCUT2D eigenvalue weighted by Gasteiger charge is -2.06. The van der Waals surface area contributed by atoms with E-state index in [0.29, 0.717) is 23.8 Å². The molecule has 0 spiro atoms. The Balaban J connectivity index is 1.28. The second-order valence-corrected chi connectivity index (χ2v) is 7.40. The Morgan fingerprint density at radius 2 is 1.59 bits per heavy atom. The molecular weight excluding hydrogens is 405 g/mol. The molecule has 5 nitrogen and oxygen atoms in total. The van der Waals surface area contributed by atoms with E-state index in [0.717, 1.165) is 28.3 Å². The van der Waals surface area contributed by atoms with Gasteiger partial charge in [0.05, 0.1) is 11.4 Å². The predicted octanol–water partition coefficient (Wildman–Crippen LogP) is 6.36. The quantitative estimate of drug-likeness (QED) is 0.318. The van der Waals surface area contributed by atoms with Crippen molar-refractivity contribution in [3.8, 4) is 28.6 Å². The van der Waals surface area contributed by atoms with E-state index in [4.69, 9.17) is 14.1 Å². The molecule has 6 heteroatoms. The number of nitrogens with zero attached hydrogens (tertiary/aromatic N) is 3. The molecule has 3 aromatic carbocycles. The fourth-order valence-electron chi connectivity index (χ4n) is 3.40. The smallest absolute Gasteiger partial charge is 0.226 e. The second kappa shape index (κ2) is 8.51. The molecule has 0 aliphatic carbocycles. The number of oxazole rings is 1. The van der Waals surface area contributed by atoms with Crippen LogP contribution in [0.2, 0.25) is 0 Å². The molecule has 0 aliphatic heterocycles. The van der Waals surface area contributed by atoms with Crippen molar-refractivity contribution in [1.82, 2.24) is 14.8 Å². The summed E-state index contributed by atoms with van der Waals surface area (Å²) in [6.45, 7) is 1.93. The zero-order valence-electron chi connectivity index (χ0n) is 17.4. The standard InChI is InChI=1S/C26H20FN3O2/c1-18-25(17-19-3-11-23(12-4-19)32-24-13-7-21(27)8-14-24)29-26(31-18)20-5-9-22(10-6-20)30-16-2-15-28-30/h2-16H,17H2,1H3. The third-order valence-electron chi connectivity index (χ3n) is 5.12. The van der Waals surface area contributed by atoms with Crippen molar-refractivity contribution in [3.63, 3.8) is 0 Å². The molecule has 0 saturated carbocycles. The summed E-state index contributed by atoms with van der Waals surface area (Å²) in [6.07, 6.45) is 4.30. The lowest BCUT2D eigenvalue weighted by Crippen LogP contribution is -1.93.